The molecule has 5 nitrogen and oxygen atoms in total. The number of rotatable bonds is 4. The van der Waals surface area contributed by atoms with Gasteiger partial charge in [-0.15, -0.1) is 0 Å². The van der Waals surface area contributed by atoms with Crippen molar-refractivity contribution in [2.24, 2.45) is 0 Å². The molecule has 5 heteroatoms. The van der Waals surface area contributed by atoms with Crippen LogP contribution >= 0.6 is 0 Å². The van der Waals surface area contributed by atoms with Gasteiger partial charge in [0, 0.05) is 12.6 Å². The van der Waals surface area contributed by atoms with Gasteiger partial charge < -0.3 is 14.4 Å². The van der Waals surface area contributed by atoms with Gasteiger partial charge in [-0.25, -0.2) is 9.78 Å². The fraction of sp³-hybridized carbons (Fsp3) is 0.467. The van der Waals surface area contributed by atoms with Gasteiger partial charge in [-0.2, -0.15) is 0 Å². The zero-order valence-electron chi connectivity index (χ0n) is 11.7. The van der Waals surface area contributed by atoms with Gasteiger partial charge >= 0.3 is 5.97 Å². The fourth-order valence-electron chi connectivity index (χ4n) is 2.93. The molecule has 2 aromatic rings. The number of hydrogen-bond donors (Lipinski definition) is 1. The highest BCUT2D eigenvalue weighted by molar-refractivity contribution is 5.92. The Balaban J connectivity index is 1.92. The summed E-state index contributed by atoms with van der Waals surface area (Å²) in [6.45, 7) is 4.73. The molecule has 106 valence electrons. The summed E-state index contributed by atoms with van der Waals surface area (Å²) in [7, 11) is 0. The Bertz CT molecular complexity index is 656. The normalized spacial score (nSPS) is 21.9. The Morgan fingerprint density at radius 2 is 2.25 bits per heavy atom. The average Bonchev–Trinajstić information content (AvgIpc) is 2.68. The number of aromatic nitrogens is 2. The van der Waals surface area contributed by atoms with Crippen molar-refractivity contribution in [3.05, 3.63) is 29.6 Å². The summed E-state index contributed by atoms with van der Waals surface area (Å²) in [5.41, 5.74) is 2.04. The number of nitrogens with zero attached hydrogens (tertiary/aromatic N) is 2. The largest absolute Gasteiger partial charge is 0.478 e. The molecule has 0 spiro atoms. The predicted octanol–water partition coefficient (Wildman–Crippen LogP) is 2.78. The van der Waals surface area contributed by atoms with Gasteiger partial charge in [-0.3, -0.25) is 0 Å². The number of benzene rings is 1. The minimum absolute atomic E-state index is 0.281. The number of carboxylic acid groups (broad SMARTS) is 1. The summed E-state index contributed by atoms with van der Waals surface area (Å²) >= 11 is 0. The molecule has 1 aliphatic carbocycles. The maximum Gasteiger partial charge on any atom is 0.335 e. The molecule has 1 fully saturated rings. The van der Waals surface area contributed by atoms with Crippen molar-refractivity contribution < 1.29 is 14.6 Å². The van der Waals surface area contributed by atoms with Crippen LogP contribution in [0.3, 0.4) is 0 Å². The molecule has 1 N–H and O–H groups in total. The van der Waals surface area contributed by atoms with E-state index in [1.165, 1.54) is 0 Å². The quantitative estimate of drug-likeness (QED) is 0.931. The topological polar surface area (TPSA) is 64.4 Å². The molecular weight excluding hydrogens is 256 g/mol. The van der Waals surface area contributed by atoms with Crippen LogP contribution in [0, 0.1) is 6.92 Å². The van der Waals surface area contributed by atoms with E-state index in [2.05, 4.69) is 9.55 Å². The van der Waals surface area contributed by atoms with Crippen molar-refractivity contribution >= 4 is 17.0 Å². The first kappa shape index (κ1) is 13.1. The molecule has 0 radical (unpaired) electrons. The summed E-state index contributed by atoms with van der Waals surface area (Å²) in [5.74, 6) is 0.0154. The van der Waals surface area contributed by atoms with E-state index in [-0.39, 0.29) is 5.56 Å². The Morgan fingerprint density at radius 1 is 1.50 bits per heavy atom. The Labute approximate surface area is 117 Å². The van der Waals surface area contributed by atoms with Crippen molar-refractivity contribution in [1.29, 1.82) is 0 Å². The molecule has 1 aromatic carbocycles. The molecule has 3 rings (SSSR count). The highest BCUT2D eigenvalue weighted by atomic mass is 16.5. The summed E-state index contributed by atoms with van der Waals surface area (Å²) in [4.78, 5) is 15.5. The number of fused-ring (bicyclic) bond motifs is 1. The molecule has 1 aliphatic rings. The summed E-state index contributed by atoms with van der Waals surface area (Å²) in [6, 6.07) is 5.54. The lowest BCUT2D eigenvalue weighted by Crippen LogP contribution is -2.33. The van der Waals surface area contributed by atoms with Gasteiger partial charge in [0.15, 0.2) is 0 Å². The molecule has 1 aromatic heterocycles. The van der Waals surface area contributed by atoms with Crippen LogP contribution in [0.4, 0.5) is 0 Å². The Morgan fingerprint density at radius 3 is 2.90 bits per heavy atom. The van der Waals surface area contributed by atoms with Crippen LogP contribution in [0.15, 0.2) is 18.2 Å². The molecule has 0 saturated heterocycles. The van der Waals surface area contributed by atoms with Gasteiger partial charge in [0.05, 0.1) is 22.7 Å². The van der Waals surface area contributed by atoms with Crippen molar-refractivity contribution in [1.82, 2.24) is 9.55 Å². The molecular formula is C15H18N2O3. The smallest absolute Gasteiger partial charge is 0.335 e. The van der Waals surface area contributed by atoms with E-state index in [0.717, 1.165) is 36.3 Å². The van der Waals surface area contributed by atoms with E-state index in [1.54, 1.807) is 12.1 Å². The molecule has 1 heterocycles. The highest BCUT2D eigenvalue weighted by Crippen LogP contribution is 2.37. The Kier molecular flexibility index (Phi) is 3.22. The third kappa shape index (κ3) is 2.08. The van der Waals surface area contributed by atoms with Crippen LogP contribution in [0.2, 0.25) is 0 Å². The molecule has 0 unspecified atom stereocenters. The average molecular weight is 274 g/mol. The summed E-state index contributed by atoms with van der Waals surface area (Å²) in [5, 5.41) is 9.03. The number of ether oxygens (including phenoxy) is 1. The third-order valence-electron chi connectivity index (χ3n) is 3.95. The first-order valence-electron chi connectivity index (χ1n) is 6.93. The van der Waals surface area contributed by atoms with Crippen LogP contribution in [-0.2, 0) is 4.74 Å². The number of aromatic carboxylic acids is 1. The zero-order chi connectivity index (χ0) is 14.3. The molecule has 0 aliphatic heterocycles. The lowest BCUT2D eigenvalue weighted by atomic mass is 9.88. The fourth-order valence-corrected chi connectivity index (χ4v) is 2.93. The SMILES string of the molecule is CCOC1CC(n2c(C)nc3cc(C(=O)O)ccc32)C1. The zero-order valence-corrected chi connectivity index (χ0v) is 11.7. The van der Waals surface area contributed by atoms with E-state index in [0.29, 0.717) is 12.1 Å². The van der Waals surface area contributed by atoms with Crippen LogP contribution in [0.25, 0.3) is 11.0 Å². The van der Waals surface area contributed by atoms with Gasteiger partial charge in [0.2, 0.25) is 0 Å². The number of carbonyl (C=O) groups is 1. The molecule has 0 atom stereocenters. The maximum atomic E-state index is 11.0. The molecule has 20 heavy (non-hydrogen) atoms. The minimum Gasteiger partial charge on any atom is -0.478 e. The van der Waals surface area contributed by atoms with Crippen molar-refractivity contribution in [2.45, 2.75) is 38.8 Å². The second kappa shape index (κ2) is 4.90. The van der Waals surface area contributed by atoms with E-state index in [4.69, 9.17) is 9.84 Å². The first-order valence-corrected chi connectivity index (χ1v) is 6.93. The second-order valence-electron chi connectivity index (χ2n) is 5.24. The van der Waals surface area contributed by atoms with Crippen molar-refractivity contribution in [3.8, 4) is 0 Å². The molecule has 1 saturated carbocycles. The summed E-state index contributed by atoms with van der Waals surface area (Å²) in [6.07, 6.45) is 2.35. The molecule has 0 bridgehead atoms. The van der Waals surface area contributed by atoms with E-state index >= 15 is 0 Å². The van der Waals surface area contributed by atoms with Crippen LogP contribution in [0.1, 0.15) is 42.0 Å². The van der Waals surface area contributed by atoms with Crippen LogP contribution in [0.5, 0.6) is 0 Å². The number of carboxylic acids is 1. The minimum atomic E-state index is -0.917. The lowest BCUT2D eigenvalue weighted by Gasteiger charge is -2.36. The van der Waals surface area contributed by atoms with Gasteiger partial charge in [0.1, 0.15) is 5.82 Å². The highest BCUT2D eigenvalue weighted by Gasteiger charge is 2.32. The van der Waals surface area contributed by atoms with E-state index in [9.17, 15) is 4.79 Å². The van der Waals surface area contributed by atoms with Crippen LogP contribution < -0.4 is 0 Å². The van der Waals surface area contributed by atoms with Crippen molar-refractivity contribution in [2.75, 3.05) is 6.61 Å². The van der Waals surface area contributed by atoms with E-state index < -0.39 is 5.97 Å². The summed E-state index contributed by atoms with van der Waals surface area (Å²) < 4.78 is 7.80. The molecule has 0 amide bonds. The maximum absolute atomic E-state index is 11.0. The number of aryl methyl sites for hydroxylation is 1. The van der Waals surface area contributed by atoms with Crippen LogP contribution in [-0.4, -0.2) is 33.3 Å². The number of hydrogen-bond acceptors (Lipinski definition) is 3. The lowest BCUT2D eigenvalue weighted by molar-refractivity contribution is -0.0191. The van der Waals surface area contributed by atoms with Gasteiger partial charge in [0.25, 0.3) is 0 Å². The Hall–Kier alpha value is -1.88. The van der Waals surface area contributed by atoms with E-state index in [1.807, 2.05) is 19.9 Å². The standard InChI is InChI=1S/C15H18N2O3/c1-3-20-12-7-11(8-12)17-9(2)16-13-6-10(15(18)19)4-5-14(13)17/h4-6,11-12H,3,7-8H2,1-2H3,(H,18,19). The van der Waals surface area contributed by atoms with Crippen molar-refractivity contribution in [3.63, 3.8) is 0 Å². The first-order chi connectivity index (χ1) is 9.60. The van der Waals surface area contributed by atoms with Gasteiger partial charge in [-0.1, -0.05) is 0 Å². The second-order valence-corrected chi connectivity index (χ2v) is 5.24. The predicted molar refractivity (Wildman–Crippen MR) is 75.1 cm³/mol. The van der Waals surface area contributed by atoms with Gasteiger partial charge in [-0.05, 0) is 44.9 Å². The number of imidazole rings is 1. The monoisotopic (exact) mass is 274 g/mol. The third-order valence-corrected chi connectivity index (χ3v) is 3.95.